The Bertz CT molecular complexity index is 370. The second-order valence-electron chi connectivity index (χ2n) is 4.73. The van der Waals surface area contributed by atoms with Crippen LogP contribution in [-0.4, -0.2) is 36.8 Å². The fourth-order valence-electron chi connectivity index (χ4n) is 1.50. The molecule has 0 saturated heterocycles. The number of nitrogens with one attached hydrogen (secondary N) is 1. The van der Waals surface area contributed by atoms with Crippen molar-refractivity contribution in [1.82, 2.24) is 9.97 Å². The second kappa shape index (κ2) is 8.69. The summed E-state index contributed by atoms with van der Waals surface area (Å²) < 4.78 is 10.6. The first-order valence-corrected chi connectivity index (χ1v) is 6.92. The molecule has 1 rings (SSSR count). The summed E-state index contributed by atoms with van der Waals surface area (Å²) in [6.45, 7) is 8.48. The van der Waals surface area contributed by atoms with Crippen molar-refractivity contribution in [1.29, 1.82) is 0 Å². The minimum atomic E-state index is 0.282. The maximum atomic E-state index is 5.65. The number of ether oxygens (including phenoxy) is 2. The molecule has 1 aromatic heterocycles. The van der Waals surface area contributed by atoms with Crippen LogP contribution in [0.25, 0.3) is 0 Å². The number of aromatic nitrogens is 2. The summed E-state index contributed by atoms with van der Waals surface area (Å²) in [6, 6.07) is 1.86. The van der Waals surface area contributed by atoms with Crippen LogP contribution < -0.4 is 10.1 Å². The molecule has 0 aliphatic carbocycles. The molecule has 108 valence electrons. The molecular weight excluding hydrogens is 242 g/mol. The fraction of sp³-hybridized carbons (Fsp3) is 0.714. The Morgan fingerprint density at radius 1 is 1.26 bits per heavy atom. The van der Waals surface area contributed by atoms with Gasteiger partial charge in [-0.3, -0.25) is 0 Å². The summed E-state index contributed by atoms with van der Waals surface area (Å²) >= 11 is 0. The summed E-state index contributed by atoms with van der Waals surface area (Å²) in [5.41, 5.74) is 0. The number of nitrogens with zero attached hydrogens (tertiary/aromatic N) is 2. The van der Waals surface area contributed by atoms with E-state index >= 15 is 0 Å². The van der Waals surface area contributed by atoms with E-state index in [1.165, 1.54) is 0 Å². The molecule has 1 aromatic rings. The summed E-state index contributed by atoms with van der Waals surface area (Å²) in [5, 5.41) is 3.28. The average Bonchev–Trinajstić information content (AvgIpc) is 2.41. The zero-order chi connectivity index (χ0) is 14.1. The van der Waals surface area contributed by atoms with Gasteiger partial charge in [0.1, 0.15) is 11.6 Å². The molecule has 0 bridgehead atoms. The molecule has 5 nitrogen and oxygen atoms in total. The molecule has 0 aromatic carbocycles. The van der Waals surface area contributed by atoms with Crippen LogP contribution in [0.15, 0.2) is 6.07 Å². The van der Waals surface area contributed by atoms with Gasteiger partial charge in [-0.25, -0.2) is 4.98 Å². The lowest BCUT2D eigenvalue weighted by atomic mass is 10.2. The zero-order valence-electron chi connectivity index (χ0n) is 12.4. The molecule has 0 unspecified atom stereocenters. The van der Waals surface area contributed by atoms with E-state index in [1.807, 2.05) is 6.07 Å². The van der Waals surface area contributed by atoms with Gasteiger partial charge in [0.15, 0.2) is 0 Å². The molecule has 0 radical (unpaired) electrons. The molecule has 0 aliphatic rings. The first-order valence-electron chi connectivity index (χ1n) is 6.92. The van der Waals surface area contributed by atoms with Gasteiger partial charge in [0.05, 0.1) is 6.61 Å². The van der Waals surface area contributed by atoms with Gasteiger partial charge in [0, 0.05) is 38.7 Å². The van der Waals surface area contributed by atoms with Crippen LogP contribution in [0.2, 0.25) is 0 Å². The Morgan fingerprint density at radius 2 is 2.05 bits per heavy atom. The third-order valence-electron chi connectivity index (χ3n) is 2.54. The number of rotatable bonds is 9. The van der Waals surface area contributed by atoms with E-state index < -0.39 is 0 Å². The predicted molar refractivity (Wildman–Crippen MR) is 76.9 cm³/mol. The van der Waals surface area contributed by atoms with Crippen LogP contribution in [0.3, 0.4) is 0 Å². The fourth-order valence-corrected chi connectivity index (χ4v) is 1.50. The Kier molecular flexibility index (Phi) is 7.18. The van der Waals surface area contributed by atoms with Gasteiger partial charge < -0.3 is 14.8 Å². The highest BCUT2D eigenvalue weighted by molar-refractivity contribution is 5.38. The Labute approximate surface area is 115 Å². The molecule has 1 N–H and O–H groups in total. The third kappa shape index (κ3) is 5.87. The molecule has 0 saturated carbocycles. The molecular formula is C14H25N3O2. The van der Waals surface area contributed by atoms with Crippen molar-refractivity contribution in [3.8, 4) is 5.88 Å². The van der Waals surface area contributed by atoms with Crippen molar-refractivity contribution < 1.29 is 9.47 Å². The highest BCUT2D eigenvalue weighted by atomic mass is 16.5. The van der Waals surface area contributed by atoms with Crippen molar-refractivity contribution in [2.75, 3.05) is 32.2 Å². The summed E-state index contributed by atoms with van der Waals surface area (Å²) in [5.74, 6) is 2.56. The minimum absolute atomic E-state index is 0.282. The largest absolute Gasteiger partial charge is 0.477 e. The molecule has 5 heteroatoms. The topological polar surface area (TPSA) is 56.3 Å². The average molecular weight is 267 g/mol. The van der Waals surface area contributed by atoms with E-state index in [0.29, 0.717) is 19.1 Å². The monoisotopic (exact) mass is 267 g/mol. The standard InChI is InChI=1S/C14H25N3O2/c1-5-7-15-12-10-13(19-9-6-8-18-4)17-14(16-12)11(2)3/h10-11H,5-9H2,1-4H3,(H,15,16,17). The van der Waals surface area contributed by atoms with Crippen molar-refractivity contribution in [2.45, 2.75) is 39.5 Å². The van der Waals surface area contributed by atoms with Crippen molar-refractivity contribution in [2.24, 2.45) is 0 Å². The van der Waals surface area contributed by atoms with Crippen LogP contribution in [0.4, 0.5) is 5.82 Å². The van der Waals surface area contributed by atoms with Crippen LogP contribution in [0.5, 0.6) is 5.88 Å². The number of anilines is 1. The van der Waals surface area contributed by atoms with E-state index in [1.54, 1.807) is 7.11 Å². The van der Waals surface area contributed by atoms with Gasteiger partial charge in [-0.05, 0) is 6.42 Å². The maximum absolute atomic E-state index is 5.65. The number of methoxy groups -OCH3 is 1. The Hall–Kier alpha value is -1.36. The highest BCUT2D eigenvalue weighted by Crippen LogP contribution is 2.18. The molecule has 0 fully saturated rings. The van der Waals surface area contributed by atoms with Gasteiger partial charge >= 0.3 is 0 Å². The first-order chi connectivity index (χ1) is 9.17. The van der Waals surface area contributed by atoms with Crippen LogP contribution in [0.1, 0.15) is 45.4 Å². The molecule has 0 aliphatic heterocycles. The summed E-state index contributed by atoms with van der Waals surface area (Å²) in [7, 11) is 1.69. The first kappa shape index (κ1) is 15.7. The second-order valence-corrected chi connectivity index (χ2v) is 4.73. The van der Waals surface area contributed by atoms with Crippen LogP contribution in [-0.2, 0) is 4.74 Å². The zero-order valence-corrected chi connectivity index (χ0v) is 12.4. The summed E-state index contributed by atoms with van der Waals surface area (Å²) in [6.07, 6.45) is 1.92. The van der Waals surface area contributed by atoms with Gasteiger partial charge in [0.25, 0.3) is 0 Å². The van der Waals surface area contributed by atoms with Crippen LogP contribution in [0, 0.1) is 0 Å². The normalized spacial score (nSPS) is 10.8. The molecule has 19 heavy (non-hydrogen) atoms. The van der Waals surface area contributed by atoms with Crippen LogP contribution >= 0.6 is 0 Å². The number of hydrogen-bond acceptors (Lipinski definition) is 5. The molecule has 0 amide bonds. The lowest BCUT2D eigenvalue weighted by molar-refractivity contribution is 0.170. The van der Waals surface area contributed by atoms with E-state index in [4.69, 9.17) is 9.47 Å². The predicted octanol–water partition coefficient (Wildman–Crippen LogP) is 2.84. The van der Waals surface area contributed by atoms with Gasteiger partial charge in [-0.1, -0.05) is 20.8 Å². The van der Waals surface area contributed by atoms with Gasteiger partial charge in [-0.2, -0.15) is 4.98 Å². The smallest absolute Gasteiger partial charge is 0.218 e. The van der Waals surface area contributed by atoms with E-state index in [2.05, 4.69) is 36.1 Å². The van der Waals surface area contributed by atoms with Crippen molar-refractivity contribution in [3.63, 3.8) is 0 Å². The highest BCUT2D eigenvalue weighted by Gasteiger charge is 2.08. The van der Waals surface area contributed by atoms with Crippen molar-refractivity contribution in [3.05, 3.63) is 11.9 Å². The van der Waals surface area contributed by atoms with Gasteiger partial charge in [0.2, 0.25) is 5.88 Å². The van der Waals surface area contributed by atoms with E-state index in [-0.39, 0.29) is 5.92 Å². The minimum Gasteiger partial charge on any atom is -0.477 e. The maximum Gasteiger partial charge on any atom is 0.218 e. The molecule has 0 atom stereocenters. The van der Waals surface area contributed by atoms with E-state index in [0.717, 1.165) is 31.0 Å². The molecule has 0 spiro atoms. The quantitative estimate of drug-likeness (QED) is 0.697. The third-order valence-corrected chi connectivity index (χ3v) is 2.54. The number of hydrogen-bond donors (Lipinski definition) is 1. The Balaban J connectivity index is 2.69. The SMILES string of the molecule is CCCNc1cc(OCCCOC)nc(C(C)C)n1. The lowest BCUT2D eigenvalue weighted by Gasteiger charge is -2.12. The van der Waals surface area contributed by atoms with E-state index in [9.17, 15) is 0 Å². The summed E-state index contributed by atoms with van der Waals surface area (Å²) in [4.78, 5) is 8.91. The lowest BCUT2D eigenvalue weighted by Crippen LogP contribution is -2.09. The Morgan fingerprint density at radius 3 is 2.68 bits per heavy atom. The molecule has 1 heterocycles. The van der Waals surface area contributed by atoms with Crippen molar-refractivity contribution >= 4 is 5.82 Å². The van der Waals surface area contributed by atoms with Gasteiger partial charge in [-0.15, -0.1) is 0 Å².